The van der Waals surface area contributed by atoms with Gasteiger partial charge in [-0.05, 0) is 12.5 Å². The van der Waals surface area contributed by atoms with Gasteiger partial charge in [-0.15, -0.1) is 0 Å². The first-order chi connectivity index (χ1) is 5.36. The molecule has 0 aliphatic heterocycles. The lowest BCUT2D eigenvalue weighted by Gasteiger charge is -1.96. The van der Waals surface area contributed by atoms with Gasteiger partial charge in [0, 0.05) is 6.20 Å². The molecule has 1 rings (SSSR count). The molecular weight excluding hydrogens is 136 g/mol. The molecule has 0 aliphatic rings. The fourth-order valence-electron chi connectivity index (χ4n) is 0.855. The van der Waals surface area contributed by atoms with E-state index in [1.807, 2.05) is 0 Å². The first kappa shape index (κ1) is 7.92. The highest BCUT2D eigenvalue weighted by atomic mass is 14.8. The van der Waals surface area contributed by atoms with Crippen molar-refractivity contribution in [3.05, 3.63) is 30.4 Å². The van der Waals surface area contributed by atoms with Crippen molar-refractivity contribution in [2.75, 3.05) is 0 Å². The van der Waals surface area contributed by atoms with Crippen molar-refractivity contribution in [3.8, 4) is 0 Å². The lowest BCUT2D eigenvalue weighted by atomic mass is 10.2. The van der Waals surface area contributed by atoms with Crippen LogP contribution in [0.1, 0.15) is 24.7 Å². The number of nitrogens with zero attached hydrogens (tertiary/aromatic N) is 2. The van der Waals surface area contributed by atoms with Crippen molar-refractivity contribution >= 4 is 6.08 Å². The first-order valence-electron chi connectivity index (χ1n) is 3.80. The molecule has 0 aromatic carbocycles. The molecular formula is C9H12N2. The number of hydrogen-bond acceptors (Lipinski definition) is 2. The van der Waals surface area contributed by atoms with Crippen LogP contribution in [-0.4, -0.2) is 9.97 Å². The van der Waals surface area contributed by atoms with Gasteiger partial charge >= 0.3 is 0 Å². The zero-order valence-corrected chi connectivity index (χ0v) is 6.75. The molecule has 1 aromatic heterocycles. The largest absolute Gasteiger partial charge is 0.257 e. The number of hydrogen-bond donors (Lipinski definition) is 0. The lowest BCUT2D eigenvalue weighted by molar-refractivity contribution is 0.869. The minimum atomic E-state index is 0.838. The molecule has 2 nitrogen and oxygen atoms in total. The van der Waals surface area contributed by atoms with Crippen LogP contribution in [0, 0.1) is 0 Å². The summed E-state index contributed by atoms with van der Waals surface area (Å²) in [5.74, 6) is 0. The maximum Gasteiger partial charge on any atom is 0.0807 e. The second-order valence-electron chi connectivity index (χ2n) is 2.39. The van der Waals surface area contributed by atoms with E-state index in [4.69, 9.17) is 0 Å². The lowest BCUT2D eigenvalue weighted by Crippen LogP contribution is -1.91. The number of aryl methyl sites for hydroxylation is 1. The highest BCUT2D eigenvalue weighted by Gasteiger charge is 1.92. The molecule has 1 aromatic rings. The van der Waals surface area contributed by atoms with Crippen molar-refractivity contribution in [2.24, 2.45) is 0 Å². The van der Waals surface area contributed by atoms with Crippen LogP contribution >= 0.6 is 0 Å². The average molecular weight is 148 g/mol. The summed E-state index contributed by atoms with van der Waals surface area (Å²) in [6.45, 7) is 5.73. The molecule has 11 heavy (non-hydrogen) atoms. The Kier molecular flexibility index (Phi) is 2.78. The molecule has 58 valence electrons. The van der Waals surface area contributed by atoms with E-state index >= 15 is 0 Å². The van der Waals surface area contributed by atoms with E-state index in [1.54, 1.807) is 18.5 Å². The molecule has 0 unspecified atom stereocenters. The van der Waals surface area contributed by atoms with Crippen molar-refractivity contribution in [2.45, 2.75) is 19.8 Å². The zero-order valence-electron chi connectivity index (χ0n) is 6.75. The highest BCUT2D eigenvalue weighted by molar-refractivity contribution is 5.39. The summed E-state index contributed by atoms with van der Waals surface area (Å²) >= 11 is 0. The smallest absolute Gasteiger partial charge is 0.0807 e. The van der Waals surface area contributed by atoms with Crippen molar-refractivity contribution < 1.29 is 0 Å². The van der Waals surface area contributed by atoms with E-state index in [0.717, 1.165) is 24.2 Å². The molecule has 0 aliphatic carbocycles. The molecule has 0 saturated heterocycles. The Hall–Kier alpha value is -1.18. The van der Waals surface area contributed by atoms with Crippen LogP contribution in [0.4, 0.5) is 0 Å². The normalized spacial score (nSPS) is 9.55. The van der Waals surface area contributed by atoms with E-state index in [1.165, 1.54) is 0 Å². The zero-order chi connectivity index (χ0) is 8.10. The Bertz CT molecular complexity index is 226. The number of aromatic nitrogens is 2. The molecule has 0 spiro atoms. The summed E-state index contributed by atoms with van der Waals surface area (Å²) in [5.41, 5.74) is 1.89. The Balaban J connectivity index is 2.74. The Labute approximate surface area is 67.0 Å². The number of rotatable bonds is 3. The molecule has 0 fully saturated rings. The van der Waals surface area contributed by atoms with Gasteiger partial charge in [0.25, 0.3) is 0 Å². The Morgan fingerprint density at radius 1 is 1.45 bits per heavy atom. The van der Waals surface area contributed by atoms with Crippen LogP contribution in [-0.2, 0) is 6.42 Å². The minimum absolute atomic E-state index is 0.838. The molecule has 0 saturated carbocycles. The summed E-state index contributed by atoms with van der Waals surface area (Å²) in [7, 11) is 0. The molecule has 0 amide bonds. The fraction of sp³-hybridized carbons (Fsp3) is 0.333. The van der Waals surface area contributed by atoms with Crippen LogP contribution in [0.3, 0.4) is 0 Å². The summed E-state index contributed by atoms with van der Waals surface area (Å²) < 4.78 is 0. The van der Waals surface area contributed by atoms with Gasteiger partial charge in [-0.25, -0.2) is 0 Å². The van der Waals surface area contributed by atoms with Crippen molar-refractivity contribution in [1.29, 1.82) is 0 Å². The van der Waals surface area contributed by atoms with Gasteiger partial charge < -0.3 is 0 Å². The average Bonchev–Trinajstić information content (AvgIpc) is 2.07. The van der Waals surface area contributed by atoms with Crippen LogP contribution in [0.25, 0.3) is 6.08 Å². The minimum Gasteiger partial charge on any atom is -0.257 e. The van der Waals surface area contributed by atoms with Crippen LogP contribution in [0.5, 0.6) is 0 Å². The summed E-state index contributed by atoms with van der Waals surface area (Å²) in [6.07, 6.45) is 7.37. The Morgan fingerprint density at radius 3 is 2.73 bits per heavy atom. The van der Waals surface area contributed by atoms with E-state index in [9.17, 15) is 0 Å². The monoisotopic (exact) mass is 148 g/mol. The van der Waals surface area contributed by atoms with E-state index in [-0.39, 0.29) is 0 Å². The molecule has 0 bridgehead atoms. The van der Waals surface area contributed by atoms with Crippen molar-refractivity contribution in [1.82, 2.24) is 9.97 Å². The summed E-state index contributed by atoms with van der Waals surface area (Å²) in [6, 6.07) is 0. The predicted octanol–water partition coefficient (Wildman–Crippen LogP) is 2.07. The topological polar surface area (TPSA) is 25.8 Å². The van der Waals surface area contributed by atoms with Gasteiger partial charge in [-0.3, -0.25) is 9.97 Å². The van der Waals surface area contributed by atoms with E-state index in [0.29, 0.717) is 0 Å². The van der Waals surface area contributed by atoms with E-state index < -0.39 is 0 Å². The molecule has 1 heterocycles. The van der Waals surface area contributed by atoms with Gasteiger partial charge in [-0.1, -0.05) is 19.9 Å². The fourth-order valence-corrected chi connectivity index (χ4v) is 0.855. The Morgan fingerprint density at radius 2 is 2.27 bits per heavy atom. The van der Waals surface area contributed by atoms with Gasteiger partial charge in [0.1, 0.15) is 0 Å². The highest BCUT2D eigenvalue weighted by Crippen LogP contribution is 1.98. The van der Waals surface area contributed by atoms with Gasteiger partial charge in [0.2, 0.25) is 0 Å². The maximum absolute atomic E-state index is 4.21. The van der Waals surface area contributed by atoms with Crippen LogP contribution < -0.4 is 0 Å². The predicted molar refractivity (Wildman–Crippen MR) is 46.1 cm³/mol. The maximum atomic E-state index is 4.21. The molecule has 2 heteroatoms. The van der Waals surface area contributed by atoms with Gasteiger partial charge in [-0.2, -0.15) is 0 Å². The summed E-state index contributed by atoms with van der Waals surface area (Å²) in [4.78, 5) is 8.34. The SMILES string of the molecule is C=Cc1cnc(CCC)cn1. The standard InChI is InChI=1S/C9H12N2/c1-3-5-9-7-10-8(4-2)6-11-9/h4,6-7H,2-3,5H2,1H3. The third-order valence-corrected chi connectivity index (χ3v) is 1.44. The van der Waals surface area contributed by atoms with Crippen LogP contribution in [0.15, 0.2) is 19.0 Å². The van der Waals surface area contributed by atoms with Gasteiger partial charge in [0.05, 0.1) is 17.6 Å². The van der Waals surface area contributed by atoms with Crippen LogP contribution in [0.2, 0.25) is 0 Å². The van der Waals surface area contributed by atoms with Crippen molar-refractivity contribution in [3.63, 3.8) is 0 Å². The molecule has 0 radical (unpaired) electrons. The molecule has 0 atom stereocenters. The second-order valence-corrected chi connectivity index (χ2v) is 2.39. The third kappa shape index (κ3) is 2.15. The summed E-state index contributed by atoms with van der Waals surface area (Å²) in [5, 5.41) is 0. The quantitative estimate of drug-likeness (QED) is 0.655. The third-order valence-electron chi connectivity index (χ3n) is 1.44. The van der Waals surface area contributed by atoms with E-state index in [2.05, 4.69) is 23.5 Å². The molecule has 0 N–H and O–H groups in total. The first-order valence-corrected chi connectivity index (χ1v) is 3.80. The van der Waals surface area contributed by atoms with Gasteiger partial charge in [0.15, 0.2) is 0 Å². The second kappa shape index (κ2) is 3.86.